The molecule has 1 fully saturated rings. The van der Waals surface area contributed by atoms with Gasteiger partial charge in [0, 0.05) is 12.2 Å². The molecular weight excluding hydrogens is 194 g/mol. The Labute approximate surface area is 79.6 Å². The zero-order valence-electron chi connectivity index (χ0n) is 6.93. The third kappa shape index (κ3) is 2.89. The van der Waals surface area contributed by atoms with Crippen molar-refractivity contribution in [2.45, 2.75) is 17.7 Å². The second-order valence-electron chi connectivity index (χ2n) is 2.72. The molecule has 0 amide bonds. The van der Waals surface area contributed by atoms with Crippen molar-refractivity contribution >= 4 is 23.7 Å². The molecule has 0 aromatic heterocycles. The first kappa shape index (κ1) is 10.3. The van der Waals surface area contributed by atoms with Crippen LogP contribution < -0.4 is 5.73 Å². The fourth-order valence-corrected chi connectivity index (χ4v) is 1.97. The molecule has 5 nitrogen and oxygen atoms in total. The van der Waals surface area contributed by atoms with Gasteiger partial charge in [0.05, 0.1) is 6.61 Å². The molecule has 1 aliphatic rings. The lowest BCUT2D eigenvalue weighted by Gasteiger charge is -2.07. The van der Waals surface area contributed by atoms with Crippen LogP contribution in [-0.2, 0) is 14.3 Å². The van der Waals surface area contributed by atoms with E-state index in [1.165, 1.54) is 11.8 Å². The molecule has 0 bridgehead atoms. The first-order valence-corrected chi connectivity index (χ1v) is 4.92. The number of hydrogen-bond acceptors (Lipinski definition) is 5. The number of ether oxygens (including phenoxy) is 1. The Balaban J connectivity index is 2.25. The van der Waals surface area contributed by atoms with Crippen LogP contribution in [0.15, 0.2) is 0 Å². The third-order valence-electron chi connectivity index (χ3n) is 1.68. The Morgan fingerprint density at radius 2 is 2.54 bits per heavy atom. The average molecular weight is 205 g/mol. The Bertz CT molecular complexity index is 221. The van der Waals surface area contributed by atoms with Gasteiger partial charge in [-0.3, -0.25) is 9.59 Å². The Morgan fingerprint density at radius 3 is 3.00 bits per heavy atom. The minimum Gasteiger partial charge on any atom is -0.480 e. The molecule has 0 spiro atoms. The molecule has 3 N–H and O–H groups in total. The predicted octanol–water partition coefficient (Wildman–Crippen LogP) is -0.553. The van der Waals surface area contributed by atoms with Gasteiger partial charge in [0.1, 0.15) is 11.3 Å². The van der Waals surface area contributed by atoms with E-state index in [2.05, 4.69) is 0 Å². The number of nitrogens with two attached hydrogens (primary N) is 1. The van der Waals surface area contributed by atoms with Gasteiger partial charge in [-0.2, -0.15) is 0 Å². The molecule has 6 heteroatoms. The molecule has 1 aliphatic heterocycles. The zero-order valence-corrected chi connectivity index (χ0v) is 7.75. The van der Waals surface area contributed by atoms with Crippen molar-refractivity contribution in [3.63, 3.8) is 0 Å². The highest BCUT2D eigenvalue weighted by Crippen LogP contribution is 2.21. The first-order chi connectivity index (χ1) is 6.11. The van der Waals surface area contributed by atoms with Gasteiger partial charge in [0.2, 0.25) is 0 Å². The minimum atomic E-state index is -1.04. The SMILES string of the molecule is N[C@H](CSC1CCOC1=O)C(=O)O. The largest absolute Gasteiger partial charge is 0.480 e. The van der Waals surface area contributed by atoms with Gasteiger partial charge in [-0.1, -0.05) is 0 Å². The lowest BCUT2D eigenvalue weighted by molar-refractivity contribution is -0.138. The maximum absolute atomic E-state index is 10.9. The van der Waals surface area contributed by atoms with E-state index in [0.29, 0.717) is 13.0 Å². The molecule has 2 atom stereocenters. The monoisotopic (exact) mass is 205 g/mol. The topological polar surface area (TPSA) is 89.6 Å². The number of rotatable bonds is 4. The Kier molecular flexibility index (Phi) is 3.56. The second-order valence-corrected chi connectivity index (χ2v) is 3.96. The fourth-order valence-electron chi connectivity index (χ4n) is 0.920. The normalized spacial score (nSPS) is 24.1. The van der Waals surface area contributed by atoms with E-state index >= 15 is 0 Å². The van der Waals surface area contributed by atoms with Crippen molar-refractivity contribution in [1.82, 2.24) is 0 Å². The van der Waals surface area contributed by atoms with Gasteiger partial charge in [-0.15, -0.1) is 11.8 Å². The van der Waals surface area contributed by atoms with Gasteiger partial charge >= 0.3 is 11.9 Å². The summed E-state index contributed by atoms with van der Waals surface area (Å²) in [5.41, 5.74) is 5.27. The lowest BCUT2D eigenvalue weighted by Crippen LogP contribution is -2.33. The molecule has 1 unspecified atom stereocenters. The number of cyclic esters (lactones) is 1. The van der Waals surface area contributed by atoms with Crippen LogP contribution >= 0.6 is 11.8 Å². The first-order valence-electron chi connectivity index (χ1n) is 3.88. The van der Waals surface area contributed by atoms with Gasteiger partial charge in [0.25, 0.3) is 0 Å². The molecule has 1 heterocycles. The van der Waals surface area contributed by atoms with Gasteiger partial charge in [0.15, 0.2) is 0 Å². The van der Waals surface area contributed by atoms with Crippen molar-refractivity contribution in [2.24, 2.45) is 5.73 Å². The van der Waals surface area contributed by atoms with Gasteiger partial charge < -0.3 is 15.6 Å². The van der Waals surface area contributed by atoms with E-state index in [0.717, 1.165) is 0 Å². The van der Waals surface area contributed by atoms with E-state index in [1.807, 2.05) is 0 Å². The maximum Gasteiger partial charge on any atom is 0.321 e. The molecule has 74 valence electrons. The number of carbonyl (C=O) groups is 2. The van der Waals surface area contributed by atoms with Crippen LogP contribution in [0.4, 0.5) is 0 Å². The van der Waals surface area contributed by atoms with Crippen molar-refractivity contribution < 1.29 is 19.4 Å². The molecule has 0 aromatic carbocycles. The van der Waals surface area contributed by atoms with Crippen molar-refractivity contribution in [3.05, 3.63) is 0 Å². The number of aliphatic carboxylic acids is 1. The standard InChI is InChI=1S/C7H11NO4S/c8-4(6(9)10)3-13-5-1-2-12-7(5)11/h4-5H,1-3,8H2,(H,9,10)/t4-,5?/m1/s1. The summed E-state index contributed by atoms with van der Waals surface area (Å²) >= 11 is 1.25. The van der Waals surface area contributed by atoms with Crippen LogP contribution in [-0.4, -0.2) is 40.7 Å². The van der Waals surface area contributed by atoms with Crippen LogP contribution in [0.1, 0.15) is 6.42 Å². The summed E-state index contributed by atoms with van der Waals surface area (Å²) < 4.78 is 4.71. The Hall–Kier alpha value is -0.750. The van der Waals surface area contributed by atoms with E-state index in [-0.39, 0.29) is 17.0 Å². The highest BCUT2D eigenvalue weighted by molar-refractivity contribution is 8.00. The number of esters is 1. The number of carbonyl (C=O) groups excluding carboxylic acids is 1. The summed E-state index contributed by atoms with van der Waals surface area (Å²) in [6.45, 7) is 0.429. The summed E-state index contributed by atoms with van der Waals surface area (Å²) in [7, 11) is 0. The summed E-state index contributed by atoms with van der Waals surface area (Å²) in [6.07, 6.45) is 0.649. The molecule has 13 heavy (non-hydrogen) atoms. The second kappa shape index (κ2) is 4.48. The summed E-state index contributed by atoms with van der Waals surface area (Å²) in [4.78, 5) is 21.3. The number of carboxylic acids is 1. The molecule has 0 aliphatic carbocycles. The van der Waals surface area contributed by atoms with E-state index in [4.69, 9.17) is 15.6 Å². The molecule has 1 rings (SSSR count). The van der Waals surface area contributed by atoms with Crippen LogP contribution in [0.25, 0.3) is 0 Å². The zero-order chi connectivity index (χ0) is 9.84. The minimum absolute atomic E-state index is 0.231. The van der Waals surface area contributed by atoms with Gasteiger partial charge in [-0.25, -0.2) is 0 Å². The van der Waals surface area contributed by atoms with Crippen molar-refractivity contribution in [1.29, 1.82) is 0 Å². The van der Waals surface area contributed by atoms with Crippen LogP contribution in [0.5, 0.6) is 0 Å². The lowest BCUT2D eigenvalue weighted by atomic mass is 10.4. The van der Waals surface area contributed by atoms with Gasteiger partial charge in [-0.05, 0) is 0 Å². The van der Waals surface area contributed by atoms with E-state index in [1.54, 1.807) is 0 Å². The summed E-state index contributed by atoms with van der Waals surface area (Å²) in [5, 5.41) is 8.24. The summed E-state index contributed by atoms with van der Waals surface area (Å²) in [5.74, 6) is -1.06. The number of thioether (sulfide) groups is 1. The Morgan fingerprint density at radius 1 is 1.85 bits per heavy atom. The van der Waals surface area contributed by atoms with E-state index < -0.39 is 12.0 Å². The summed E-state index contributed by atoms with van der Waals surface area (Å²) in [6, 6.07) is -0.904. The predicted molar refractivity (Wildman–Crippen MR) is 47.4 cm³/mol. The smallest absolute Gasteiger partial charge is 0.321 e. The fraction of sp³-hybridized carbons (Fsp3) is 0.714. The molecule has 0 radical (unpaired) electrons. The average Bonchev–Trinajstić information content (AvgIpc) is 2.47. The van der Waals surface area contributed by atoms with Crippen molar-refractivity contribution in [2.75, 3.05) is 12.4 Å². The van der Waals surface area contributed by atoms with Crippen LogP contribution in [0.3, 0.4) is 0 Å². The quantitative estimate of drug-likeness (QED) is 0.598. The van der Waals surface area contributed by atoms with Crippen LogP contribution in [0, 0.1) is 0 Å². The molecular formula is C7H11NO4S. The highest BCUT2D eigenvalue weighted by Gasteiger charge is 2.28. The highest BCUT2D eigenvalue weighted by atomic mass is 32.2. The number of hydrogen-bond donors (Lipinski definition) is 2. The molecule has 1 saturated heterocycles. The molecule has 0 saturated carbocycles. The van der Waals surface area contributed by atoms with E-state index in [9.17, 15) is 9.59 Å². The third-order valence-corrected chi connectivity index (χ3v) is 3.06. The van der Waals surface area contributed by atoms with Crippen molar-refractivity contribution in [3.8, 4) is 0 Å². The maximum atomic E-state index is 10.9. The molecule has 0 aromatic rings. The van der Waals surface area contributed by atoms with Crippen LogP contribution in [0.2, 0.25) is 0 Å². The number of carboxylic acid groups (broad SMARTS) is 1.